The predicted molar refractivity (Wildman–Crippen MR) is 177 cm³/mol. The Morgan fingerprint density at radius 1 is 1.00 bits per heavy atom. The van der Waals surface area contributed by atoms with E-state index in [1.165, 1.54) is 29.8 Å². The number of nitro groups is 1. The van der Waals surface area contributed by atoms with Crippen molar-refractivity contribution in [2.24, 2.45) is 0 Å². The molecule has 0 bridgehead atoms. The summed E-state index contributed by atoms with van der Waals surface area (Å²) in [6.07, 6.45) is -1.80. The van der Waals surface area contributed by atoms with E-state index in [1.54, 1.807) is 20.8 Å². The van der Waals surface area contributed by atoms with E-state index in [-0.39, 0.29) is 22.8 Å². The standard InChI is InChI=1S/C34H34N4O10S/c1-34(2,3)48-33(43)36-25(21-15-16-23(39)22(17-21)38(44)45)29(40)35-26-30(41)37-27(24(46-4)18-49-31(26)37)32(42)47-28(19-11-7-5-8-12-19)20-13-9-6-10-14-20/h5-17,25-26,28,31,39H,18H2,1-4H3,(H,35,40)(H,36,43)/t25-,26-,31-/m1/s1. The Bertz CT molecular complexity index is 1760. The number of amides is 3. The zero-order valence-electron chi connectivity index (χ0n) is 26.9. The normalized spacial score (nSPS) is 17.7. The minimum Gasteiger partial charge on any atom is -0.502 e. The number of fused-ring (bicyclic) bond motifs is 1. The van der Waals surface area contributed by atoms with Crippen LogP contribution in [0, 0.1) is 10.1 Å². The van der Waals surface area contributed by atoms with Crippen LogP contribution in [0.4, 0.5) is 10.5 Å². The summed E-state index contributed by atoms with van der Waals surface area (Å²) in [5, 5.41) is 25.7. The highest BCUT2D eigenvalue weighted by Gasteiger charge is 2.55. The molecule has 15 heteroatoms. The second kappa shape index (κ2) is 14.3. The molecule has 3 atom stereocenters. The number of benzene rings is 3. The highest BCUT2D eigenvalue weighted by Crippen LogP contribution is 2.42. The summed E-state index contributed by atoms with van der Waals surface area (Å²) in [4.78, 5) is 65.8. The van der Waals surface area contributed by atoms with Crippen molar-refractivity contribution in [3.63, 3.8) is 0 Å². The number of methoxy groups -OCH3 is 1. The van der Waals surface area contributed by atoms with Gasteiger partial charge in [0.1, 0.15) is 28.8 Å². The molecule has 3 aromatic carbocycles. The molecule has 0 spiro atoms. The fourth-order valence-corrected chi connectivity index (χ4v) is 6.62. The monoisotopic (exact) mass is 690 g/mol. The van der Waals surface area contributed by atoms with E-state index >= 15 is 0 Å². The Morgan fingerprint density at radius 2 is 1.61 bits per heavy atom. The molecule has 0 radical (unpaired) electrons. The second-order valence-corrected chi connectivity index (χ2v) is 13.2. The van der Waals surface area contributed by atoms with E-state index in [2.05, 4.69) is 10.6 Å². The fourth-order valence-electron chi connectivity index (χ4n) is 5.31. The molecule has 3 aromatic rings. The van der Waals surface area contributed by atoms with Crippen molar-refractivity contribution >= 4 is 41.3 Å². The lowest BCUT2D eigenvalue weighted by Gasteiger charge is -2.49. The van der Waals surface area contributed by atoms with E-state index in [9.17, 15) is 34.4 Å². The molecule has 0 aliphatic carbocycles. The fraction of sp³-hybridized carbons (Fsp3) is 0.294. The molecule has 2 aliphatic heterocycles. The number of phenols is 1. The first kappa shape index (κ1) is 34.8. The molecule has 0 unspecified atom stereocenters. The van der Waals surface area contributed by atoms with Crippen molar-refractivity contribution in [1.29, 1.82) is 0 Å². The third-order valence-corrected chi connectivity index (χ3v) is 8.81. The number of phenolic OH excluding ortho intramolecular Hbond substituents is 1. The SMILES string of the molecule is COC1=C(C(=O)OC(c2ccccc2)c2ccccc2)N2C(=O)[C@@H](NC(=O)[C@H](NC(=O)OC(C)(C)C)c3ccc(O)c([N+](=O)[O-])c3)[C@H]2SC1. The molecule has 5 rings (SSSR count). The highest BCUT2D eigenvalue weighted by molar-refractivity contribution is 8.00. The number of rotatable bonds is 10. The Kier molecular flexibility index (Phi) is 10.1. The summed E-state index contributed by atoms with van der Waals surface area (Å²) in [6, 6.07) is 18.7. The summed E-state index contributed by atoms with van der Waals surface area (Å²) in [5.74, 6) is -2.59. The van der Waals surface area contributed by atoms with Gasteiger partial charge in [-0.3, -0.25) is 24.6 Å². The minimum atomic E-state index is -1.56. The number of aromatic hydroxyl groups is 1. The van der Waals surface area contributed by atoms with Crippen LogP contribution in [0.2, 0.25) is 0 Å². The number of nitrogens with zero attached hydrogens (tertiary/aromatic N) is 2. The molecule has 2 aliphatic rings. The van der Waals surface area contributed by atoms with E-state index in [0.29, 0.717) is 11.1 Å². The van der Waals surface area contributed by atoms with Gasteiger partial charge in [0, 0.05) is 6.07 Å². The van der Waals surface area contributed by atoms with Gasteiger partial charge in [0.25, 0.3) is 5.91 Å². The van der Waals surface area contributed by atoms with Crippen LogP contribution in [0.15, 0.2) is 90.3 Å². The molecule has 1 saturated heterocycles. The number of hydrogen-bond donors (Lipinski definition) is 3. The summed E-state index contributed by atoms with van der Waals surface area (Å²) >= 11 is 1.24. The molecule has 0 aromatic heterocycles. The van der Waals surface area contributed by atoms with Crippen LogP contribution in [-0.2, 0) is 28.6 Å². The highest BCUT2D eigenvalue weighted by atomic mass is 32.2. The Balaban J connectivity index is 1.39. The van der Waals surface area contributed by atoms with Gasteiger partial charge in [0.05, 0.1) is 17.8 Å². The van der Waals surface area contributed by atoms with Crippen LogP contribution in [-0.4, -0.2) is 68.7 Å². The number of hydrogen-bond acceptors (Lipinski definition) is 11. The molecule has 3 N–H and O–H groups in total. The summed E-state index contributed by atoms with van der Waals surface area (Å²) < 4.78 is 16.8. The van der Waals surface area contributed by atoms with Gasteiger partial charge in [-0.15, -0.1) is 11.8 Å². The van der Waals surface area contributed by atoms with Crippen LogP contribution in [0.1, 0.15) is 49.6 Å². The van der Waals surface area contributed by atoms with Gasteiger partial charge in [-0.25, -0.2) is 9.59 Å². The zero-order chi connectivity index (χ0) is 35.5. The molecule has 256 valence electrons. The molecule has 2 heterocycles. The smallest absolute Gasteiger partial charge is 0.408 e. The second-order valence-electron chi connectivity index (χ2n) is 12.1. The lowest BCUT2D eigenvalue weighted by atomic mass is 10.0. The maximum atomic E-state index is 13.8. The predicted octanol–water partition coefficient (Wildman–Crippen LogP) is 4.46. The maximum Gasteiger partial charge on any atom is 0.408 e. The number of thioether (sulfide) groups is 1. The number of nitro benzene ring substituents is 1. The molecular formula is C34H34N4O10S. The first-order valence-corrected chi connectivity index (χ1v) is 16.1. The lowest BCUT2D eigenvalue weighted by Crippen LogP contribution is -2.71. The number of carbonyl (C=O) groups excluding carboxylic acids is 4. The van der Waals surface area contributed by atoms with Gasteiger partial charge in [0.15, 0.2) is 17.6 Å². The van der Waals surface area contributed by atoms with E-state index in [4.69, 9.17) is 14.2 Å². The molecule has 0 saturated carbocycles. The van der Waals surface area contributed by atoms with Crippen LogP contribution < -0.4 is 10.6 Å². The maximum absolute atomic E-state index is 13.8. The topological polar surface area (TPSA) is 187 Å². The Morgan fingerprint density at radius 3 is 2.16 bits per heavy atom. The van der Waals surface area contributed by atoms with Gasteiger partial charge in [-0.2, -0.15) is 0 Å². The molecule has 1 fully saturated rings. The van der Waals surface area contributed by atoms with Crippen molar-refractivity contribution in [3.05, 3.63) is 117 Å². The summed E-state index contributed by atoms with van der Waals surface area (Å²) in [6.45, 7) is 4.84. The van der Waals surface area contributed by atoms with Crippen LogP contribution >= 0.6 is 11.8 Å². The minimum absolute atomic E-state index is 0.0496. The van der Waals surface area contributed by atoms with Gasteiger partial charge >= 0.3 is 17.7 Å². The van der Waals surface area contributed by atoms with E-state index in [1.807, 2.05) is 60.7 Å². The molecule has 49 heavy (non-hydrogen) atoms. The number of ether oxygens (including phenoxy) is 3. The van der Waals surface area contributed by atoms with Gasteiger partial charge in [-0.05, 0) is 43.5 Å². The van der Waals surface area contributed by atoms with Crippen molar-refractivity contribution in [1.82, 2.24) is 15.5 Å². The number of carbonyl (C=O) groups is 4. The Labute approximate surface area is 285 Å². The van der Waals surface area contributed by atoms with Gasteiger partial charge < -0.3 is 30.0 Å². The van der Waals surface area contributed by atoms with Crippen molar-refractivity contribution in [3.8, 4) is 5.75 Å². The third kappa shape index (κ3) is 7.62. The first-order valence-electron chi connectivity index (χ1n) is 15.1. The molecule has 3 amide bonds. The van der Waals surface area contributed by atoms with Crippen LogP contribution in [0.25, 0.3) is 0 Å². The quantitative estimate of drug-likeness (QED) is 0.118. The molecular weight excluding hydrogens is 656 g/mol. The number of β-lactam (4-membered cyclic amide) rings is 1. The van der Waals surface area contributed by atoms with Crippen molar-refractivity contribution in [2.75, 3.05) is 12.9 Å². The number of alkyl carbamates (subject to hydrolysis) is 1. The Hall–Kier alpha value is -5.57. The number of esters is 1. The number of nitrogens with one attached hydrogen (secondary N) is 2. The van der Waals surface area contributed by atoms with E-state index in [0.717, 1.165) is 12.1 Å². The third-order valence-electron chi connectivity index (χ3n) is 7.55. The van der Waals surface area contributed by atoms with Crippen LogP contribution in [0.5, 0.6) is 5.75 Å². The molecule has 14 nitrogen and oxygen atoms in total. The largest absolute Gasteiger partial charge is 0.502 e. The van der Waals surface area contributed by atoms with Crippen molar-refractivity contribution in [2.45, 2.75) is 49.9 Å². The van der Waals surface area contributed by atoms with Gasteiger partial charge in [-0.1, -0.05) is 66.7 Å². The van der Waals surface area contributed by atoms with E-state index < -0.39 is 69.4 Å². The van der Waals surface area contributed by atoms with Crippen LogP contribution in [0.3, 0.4) is 0 Å². The first-order chi connectivity index (χ1) is 23.3. The average molecular weight is 691 g/mol. The average Bonchev–Trinajstić information content (AvgIpc) is 3.07. The van der Waals surface area contributed by atoms with Gasteiger partial charge in [0.2, 0.25) is 5.91 Å². The lowest BCUT2D eigenvalue weighted by molar-refractivity contribution is -0.385. The summed E-state index contributed by atoms with van der Waals surface area (Å²) in [7, 11) is 1.38. The van der Waals surface area contributed by atoms with Crippen molar-refractivity contribution < 1.29 is 43.4 Å². The summed E-state index contributed by atoms with van der Waals surface area (Å²) in [5.41, 5.74) is -0.365. The zero-order valence-corrected chi connectivity index (χ0v) is 27.8.